The third kappa shape index (κ3) is 4.93. The smallest absolute Gasteiger partial charge is 0.251 e. The van der Waals surface area contributed by atoms with Crippen LogP contribution in [0.25, 0.3) is 11.4 Å². The number of nitrogens with one attached hydrogen (secondary N) is 2. The zero-order chi connectivity index (χ0) is 17.8. The predicted octanol–water partition coefficient (Wildman–Crippen LogP) is 2.88. The van der Waals surface area contributed by atoms with Crippen LogP contribution in [0.3, 0.4) is 0 Å². The fourth-order valence-corrected chi connectivity index (χ4v) is 3.34. The van der Waals surface area contributed by atoms with Crippen LogP contribution < -0.4 is 16.6 Å². The van der Waals surface area contributed by atoms with Crippen molar-refractivity contribution >= 4 is 24.0 Å². The van der Waals surface area contributed by atoms with E-state index >= 15 is 0 Å². The number of hydrogen-bond acceptors (Lipinski definition) is 4. The van der Waals surface area contributed by atoms with Crippen molar-refractivity contribution in [1.29, 1.82) is 0 Å². The molecule has 0 aliphatic heterocycles. The molecule has 26 heavy (non-hydrogen) atoms. The van der Waals surface area contributed by atoms with Gasteiger partial charge in [0.15, 0.2) is 0 Å². The summed E-state index contributed by atoms with van der Waals surface area (Å²) in [7, 11) is 0. The summed E-state index contributed by atoms with van der Waals surface area (Å²) in [5, 5.41) is 2.93. The molecule has 1 saturated carbocycles. The molecular formula is C19H25ClN4O2. The molecule has 6 nitrogen and oxygen atoms in total. The number of carbonyl (C=O) groups excluding carboxylic acids is 1. The number of aryl methyl sites for hydroxylation is 1. The fraction of sp³-hybridized carbons (Fsp3) is 0.421. The number of rotatable bonds is 5. The largest absolute Gasteiger partial charge is 0.327 e. The van der Waals surface area contributed by atoms with Crippen molar-refractivity contribution in [3.8, 4) is 11.4 Å². The number of H-pyrrole nitrogens is 1. The normalized spacial score (nSPS) is 19.0. The molecular weight excluding hydrogens is 352 g/mol. The molecule has 1 aliphatic carbocycles. The molecule has 1 aliphatic rings. The third-order valence-electron chi connectivity index (χ3n) is 4.74. The van der Waals surface area contributed by atoms with Gasteiger partial charge in [-0.05, 0) is 37.3 Å². The molecule has 1 amide bonds. The first-order valence-corrected chi connectivity index (χ1v) is 8.81. The SMILES string of the molecule is CCc1cc(=O)[nH]c(-c2cccc(NC(=O)C[C@@H]3CCC[C@H]3N)c2)n1.Cl. The molecule has 2 aromatic rings. The number of benzene rings is 1. The Balaban J connectivity index is 0.00000243. The van der Waals surface area contributed by atoms with Crippen molar-refractivity contribution in [3.63, 3.8) is 0 Å². The summed E-state index contributed by atoms with van der Waals surface area (Å²) in [6.45, 7) is 1.95. The predicted molar refractivity (Wildman–Crippen MR) is 105 cm³/mol. The van der Waals surface area contributed by atoms with Gasteiger partial charge < -0.3 is 16.0 Å². The first kappa shape index (κ1) is 20.1. The molecule has 1 heterocycles. The van der Waals surface area contributed by atoms with Gasteiger partial charge in [-0.25, -0.2) is 4.98 Å². The fourth-order valence-electron chi connectivity index (χ4n) is 3.34. The molecule has 2 atom stereocenters. The van der Waals surface area contributed by atoms with E-state index in [-0.39, 0.29) is 35.8 Å². The molecule has 4 N–H and O–H groups in total. The minimum absolute atomic E-state index is 0. The maximum absolute atomic E-state index is 12.3. The number of halogens is 1. The zero-order valence-corrected chi connectivity index (χ0v) is 15.6. The highest BCUT2D eigenvalue weighted by Crippen LogP contribution is 2.27. The van der Waals surface area contributed by atoms with Crippen molar-refractivity contribution in [2.24, 2.45) is 11.7 Å². The first-order valence-electron chi connectivity index (χ1n) is 8.81. The van der Waals surface area contributed by atoms with Gasteiger partial charge in [0.05, 0.1) is 0 Å². The summed E-state index contributed by atoms with van der Waals surface area (Å²) in [6.07, 6.45) is 4.26. The molecule has 0 radical (unpaired) electrons. The highest BCUT2D eigenvalue weighted by Gasteiger charge is 2.26. The van der Waals surface area contributed by atoms with Crippen LogP contribution in [-0.2, 0) is 11.2 Å². The Morgan fingerprint density at radius 2 is 2.15 bits per heavy atom. The van der Waals surface area contributed by atoms with Crippen LogP contribution in [0.15, 0.2) is 35.1 Å². The van der Waals surface area contributed by atoms with E-state index in [2.05, 4.69) is 15.3 Å². The van der Waals surface area contributed by atoms with E-state index < -0.39 is 0 Å². The monoisotopic (exact) mass is 376 g/mol. The topological polar surface area (TPSA) is 101 Å². The second kappa shape index (κ2) is 8.96. The Labute approximate surface area is 159 Å². The average Bonchev–Trinajstić information content (AvgIpc) is 2.99. The average molecular weight is 377 g/mol. The lowest BCUT2D eigenvalue weighted by Crippen LogP contribution is -2.28. The first-order chi connectivity index (χ1) is 12.0. The van der Waals surface area contributed by atoms with Crippen LogP contribution in [-0.4, -0.2) is 21.9 Å². The van der Waals surface area contributed by atoms with Gasteiger partial charge in [0.1, 0.15) is 5.82 Å². The molecule has 140 valence electrons. The highest BCUT2D eigenvalue weighted by molar-refractivity contribution is 5.91. The van der Waals surface area contributed by atoms with Gasteiger partial charge in [-0.15, -0.1) is 12.4 Å². The lowest BCUT2D eigenvalue weighted by molar-refractivity contribution is -0.117. The summed E-state index contributed by atoms with van der Waals surface area (Å²) in [4.78, 5) is 31.2. The van der Waals surface area contributed by atoms with Crippen molar-refractivity contribution in [2.75, 3.05) is 5.32 Å². The number of aromatic nitrogens is 2. The molecule has 7 heteroatoms. The van der Waals surface area contributed by atoms with Crippen molar-refractivity contribution in [1.82, 2.24) is 9.97 Å². The third-order valence-corrected chi connectivity index (χ3v) is 4.74. The summed E-state index contributed by atoms with van der Waals surface area (Å²) in [5.41, 5.74) is 8.06. The summed E-state index contributed by atoms with van der Waals surface area (Å²) >= 11 is 0. The molecule has 0 saturated heterocycles. The van der Waals surface area contributed by atoms with E-state index in [0.717, 1.165) is 30.5 Å². The van der Waals surface area contributed by atoms with Crippen LogP contribution >= 0.6 is 12.4 Å². The number of nitrogens with zero attached hydrogens (tertiary/aromatic N) is 1. The number of aromatic amines is 1. The number of amides is 1. The second-order valence-electron chi connectivity index (χ2n) is 6.63. The van der Waals surface area contributed by atoms with Crippen molar-refractivity contribution < 1.29 is 4.79 Å². The summed E-state index contributed by atoms with van der Waals surface area (Å²) < 4.78 is 0. The van der Waals surface area contributed by atoms with Gasteiger partial charge in [0, 0.05) is 35.5 Å². The van der Waals surface area contributed by atoms with E-state index in [4.69, 9.17) is 5.73 Å². The maximum atomic E-state index is 12.3. The van der Waals surface area contributed by atoms with Crippen LogP contribution in [0.5, 0.6) is 0 Å². The molecule has 3 rings (SSSR count). The number of carbonyl (C=O) groups is 1. The van der Waals surface area contributed by atoms with E-state index in [1.165, 1.54) is 6.07 Å². The molecule has 1 fully saturated rings. The van der Waals surface area contributed by atoms with Crippen LogP contribution in [0, 0.1) is 5.92 Å². The lowest BCUT2D eigenvalue weighted by Gasteiger charge is -2.15. The van der Waals surface area contributed by atoms with Gasteiger partial charge in [0.25, 0.3) is 5.56 Å². The minimum atomic E-state index is -0.175. The lowest BCUT2D eigenvalue weighted by atomic mass is 10.00. The van der Waals surface area contributed by atoms with Gasteiger partial charge >= 0.3 is 0 Å². The minimum Gasteiger partial charge on any atom is -0.327 e. The standard InChI is InChI=1S/C19H24N4O2.ClH/c1-2-14-11-18(25)23-19(22-14)13-6-3-7-15(9-13)21-17(24)10-12-5-4-8-16(12)20;/h3,6-7,9,11-12,16H,2,4-5,8,10,20H2,1H3,(H,21,24)(H,22,23,25);1H/t12-,16+;/m0./s1. The Bertz CT molecular complexity index is 821. The molecule has 1 aromatic heterocycles. The van der Waals surface area contributed by atoms with Crippen molar-refractivity contribution in [3.05, 3.63) is 46.4 Å². The van der Waals surface area contributed by atoms with Gasteiger partial charge in [0.2, 0.25) is 5.91 Å². The number of nitrogens with two attached hydrogens (primary N) is 1. The van der Waals surface area contributed by atoms with Crippen LogP contribution in [0.1, 0.15) is 38.3 Å². The maximum Gasteiger partial charge on any atom is 0.251 e. The van der Waals surface area contributed by atoms with Crippen LogP contribution in [0.2, 0.25) is 0 Å². The molecule has 1 aromatic carbocycles. The second-order valence-corrected chi connectivity index (χ2v) is 6.63. The Morgan fingerprint density at radius 3 is 2.85 bits per heavy atom. The van der Waals surface area contributed by atoms with E-state index in [1.54, 1.807) is 0 Å². The zero-order valence-electron chi connectivity index (χ0n) is 14.8. The quantitative estimate of drug-likeness (QED) is 0.746. The van der Waals surface area contributed by atoms with E-state index in [0.29, 0.717) is 24.4 Å². The van der Waals surface area contributed by atoms with E-state index in [1.807, 2.05) is 31.2 Å². The Hall–Kier alpha value is -2.18. The van der Waals surface area contributed by atoms with Gasteiger partial charge in [-0.1, -0.05) is 25.5 Å². The summed E-state index contributed by atoms with van der Waals surface area (Å²) in [6, 6.07) is 8.98. The van der Waals surface area contributed by atoms with E-state index in [9.17, 15) is 9.59 Å². The number of hydrogen-bond donors (Lipinski definition) is 3. The number of anilines is 1. The molecule has 0 unspecified atom stereocenters. The van der Waals surface area contributed by atoms with Crippen LogP contribution in [0.4, 0.5) is 5.69 Å². The van der Waals surface area contributed by atoms with Crippen molar-refractivity contribution in [2.45, 2.75) is 45.1 Å². The molecule has 0 spiro atoms. The van der Waals surface area contributed by atoms with Gasteiger partial charge in [-0.3, -0.25) is 9.59 Å². The highest BCUT2D eigenvalue weighted by atomic mass is 35.5. The summed E-state index contributed by atoms with van der Waals surface area (Å²) in [5.74, 6) is 0.754. The Morgan fingerprint density at radius 1 is 1.35 bits per heavy atom. The Kier molecular flexibility index (Phi) is 6.94. The van der Waals surface area contributed by atoms with Gasteiger partial charge in [-0.2, -0.15) is 0 Å². The molecule has 0 bridgehead atoms.